The second kappa shape index (κ2) is 16.0. The van der Waals surface area contributed by atoms with Crippen molar-refractivity contribution in [2.45, 2.75) is 129 Å². The monoisotopic (exact) mass is 910 g/mol. The van der Waals surface area contributed by atoms with E-state index in [4.69, 9.17) is 0 Å². The van der Waals surface area contributed by atoms with E-state index in [1.165, 1.54) is 89.0 Å². The van der Waals surface area contributed by atoms with E-state index in [0.717, 1.165) is 17.8 Å². The molecule has 4 aromatic carbocycles. The Bertz CT molecular complexity index is 2140. The molecule has 6 rings (SSSR count). The van der Waals surface area contributed by atoms with Gasteiger partial charge in [0.25, 0.3) is 0 Å². The second-order valence-electron chi connectivity index (χ2n) is 20.8. The summed E-state index contributed by atoms with van der Waals surface area (Å²) in [5.41, 5.74) is 21.7. The van der Waals surface area contributed by atoms with Crippen LogP contribution in [-0.2, 0) is 16.2 Å². The Morgan fingerprint density at radius 3 is 1.25 bits per heavy atom. The maximum atomic E-state index is 9.27. The van der Waals surface area contributed by atoms with Gasteiger partial charge in [0, 0.05) is 0 Å². The van der Waals surface area contributed by atoms with Gasteiger partial charge in [-0.1, -0.05) is 0 Å². The van der Waals surface area contributed by atoms with Gasteiger partial charge in [-0.2, -0.15) is 0 Å². The van der Waals surface area contributed by atoms with Crippen LogP contribution in [0.5, 0.6) is 0 Å². The second-order valence-corrected chi connectivity index (χ2v) is 52.9. The van der Waals surface area contributed by atoms with Gasteiger partial charge in [0.2, 0.25) is 0 Å². The minimum atomic E-state index is -5.37. The number of benzene rings is 4. The number of allylic oxidation sites excluding steroid dienone is 2. The molecule has 0 amide bonds. The molecule has 0 saturated carbocycles. The Morgan fingerprint density at radius 2 is 0.912 bits per heavy atom. The van der Waals surface area contributed by atoms with Crippen LogP contribution in [0.3, 0.4) is 0 Å². The standard InChI is InChI=1S/2C22H25.C6H19BNSi2.2ClH.Zr/c2*1-14(2)11-18-12-19-7-6-8-21(22(19)13-18)20-10-9-15(3)16(4)17(20)5;1-9(2,3)8(7)10(4,5)6;;;/h2*6-10,12-14H,11H2,1-5H3;7H,1-6H3;2*1H;/q;;+1;;;+1/p-2. The zero-order chi connectivity index (χ0) is 42.2. The summed E-state index contributed by atoms with van der Waals surface area (Å²) < 4.78 is 2.94. The zero-order valence-corrected chi connectivity index (χ0v) is 44.0. The number of nitrogens with zero attached hydrogens (tertiary/aromatic N) is 1. The topological polar surface area (TPSA) is 3.24 Å². The van der Waals surface area contributed by atoms with E-state index in [1.54, 1.807) is 0 Å². The zero-order valence-electron chi connectivity index (χ0n) is 38.1. The van der Waals surface area contributed by atoms with Crippen molar-refractivity contribution < 1.29 is 16.2 Å². The van der Waals surface area contributed by atoms with Crippen molar-refractivity contribution in [3.8, 4) is 22.3 Å². The van der Waals surface area contributed by atoms with Gasteiger partial charge in [-0.05, 0) is 0 Å². The third-order valence-electron chi connectivity index (χ3n) is 13.5. The number of halogens is 2. The van der Waals surface area contributed by atoms with Crippen LogP contribution in [0.25, 0.3) is 34.4 Å². The molecule has 0 radical (unpaired) electrons. The fourth-order valence-electron chi connectivity index (χ4n) is 10.7. The average Bonchev–Trinajstić information content (AvgIpc) is 3.67. The molecule has 0 saturated heterocycles. The molecule has 0 aliphatic heterocycles. The van der Waals surface area contributed by atoms with E-state index in [1.807, 2.05) is 0 Å². The van der Waals surface area contributed by atoms with Gasteiger partial charge in [-0.25, -0.2) is 0 Å². The van der Waals surface area contributed by atoms with Crippen molar-refractivity contribution in [3.05, 3.63) is 127 Å². The summed E-state index contributed by atoms with van der Waals surface area (Å²) in [5, 5.41) is 0. The van der Waals surface area contributed by atoms with Gasteiger partial charge < -0.3 is 0 Å². The van der Waals surface area contributed by atoms with Gasteiger partial charge in [-0.3, -0.25) is 0 Å². The maximum absolute atomic E-state index is 9.27. The van der Waals surface area contributed by atoms with Crippen molar-refractivity contribution in [1.82, 2.24) is 4.14 Å². The number of aryl methyl sites for hydroxylation is 2. The Balaban J connectivity index is 1.72. The Kier molecular flexibility index (Phi) is 12.5. The Hall–Kier alpha value is -1.72. The van der Waals surface area contributed by atoms with E-state index >= 15 is 0 Å². The number of rotatable bonds is 12. The molecule has 0 N–H and O–H groups in total. The van der Waals surface area contributed by atoms with Gasteiger partial charge >= 0.3 is 361 Å². The fraction of sp³-hybridized carbons (Fsp3) is 0.440. The van der Waals surface area contributed by atoms with Crippen LogP contribution in [0, 0.1) is 53.4 Å². The summed E-state index contributed by atoms with van der Waals surface area (Å²) in [6, 6.07) is 23.4. The first-order valence-electron chi connectivity index (χ1n) is 21.5. The molecule has 0 heterocycles. The fourth-order valence-corrected chi connectivity index (χ4v) is 52.9. The molecule has 0 spiro atoms. The Labute approximate surface area is 358 Å². The van der Waals surface area contributed by atoms with E-state index in [2.05, 4.69) is 185 Å². The molecule has 0 fully saturated rings. The van der Waals surface area contributed by atoms with E-state index in [9.17, 15) is 17.0 Å². The summed E-state index contributed by atoms with van der Waals surface area (Å²) >= 11 is -5.37. The molecule has 2 aliphatic carbocycles. The first kappa shape index (κ1) is 44.8. The van der Waals surface area contributed by atoms with Crippen molar-refractivity contribution in [2.24, 2.45) is 11.8 Å². The van der Waals surface area contributed by atoms with Crippen molar-refractivity contribution in [2.75, 3.05) is 0 Å². The SMILES string of the molecule is Cc1ccc(-c2cccc3c2C=C(CC(C)C)[CH]3[Zr]([Cl])([Cl])([BH]N([Si](C)(C)C)[Si](C)(C)C)[CH]2C(CC(C)C)=Cc3c(-c4ccc(C)c(C)c4C)cccc32)c(C)c1C. The molecule has 303 valence electrons. The van der Waals surface area contributed by atoms with E-state index < -0.39 is 32.6 Å². The first-order valence-corrected chi connectivity index (χ1v) is 39.3. The molecule has 0 bridgehead atoms. The summed E-state index contributed by atoms with van der Waals surface area (Å²) in [6.45, 7) is 38.2. The molecular weight excluding hydrogens is 844 g/mol. The normalized spacial score (nSPS) is 17.8. The number of fused-ring (bicyclic) bond motifs is 2. The molecule has 4 aromatic rings. The molecule has 2 atom stereocenters. The van der Waals surface area contributed by atoms with Crippen LogP contribution in [0.15, 0.2) is 71.8 Å². The van der Waals surface area contributed by atoms with Gasteiger partial charge in [0.05, 0.1) is 0 Å². The molecule has 7 heteroatoms. The number of hydrogen-bond donors (Lipinski definition) is 0. The summed E-state index contributed by atoms with van der Waals surface area (Å²) in [4.78, 5) is 0.814. The molecular formula is C50H69BCl2NSi2Zr. The Morgan fingerprint density at radius 1 is 0.544 bits per heavy atom. The number of hydrogen-bond acceptors (Lipinski definition) is 1. The average molecular weight is 913 g/mol. The van der Waals surface area contributed by atoms with E-state index in [0.29, 0.717) is 11.8 Å². The summed E-state index contributed by atoms with van der Waals surface area (Å²) in [5.74, 6) is 0.941. The van der Waals surface area contributed by atoms with Crippen LogP contribution in [-0.4, -0.2) is 25.6 Å². The molecule has 57 heavy (non-hydrogen) atoms. The van der Waals surface area contributed by atoms with Crippen LogP contribution in [0.2, 0.25) is 39.3 Å². The van der Waals surface area contributed by atoms with Crippen LogP contribution >= 0.6 is 17.0 Å². The predicted octanol–water partition coefficient (Wildman–Crippen LogP) is 15.8. The van der Waals surface area contributed by atoms with Crippen molar-refractivity contribution in [1.29, 1.82) is 0 Å². The van der Waals surface area contributed by atoms with E-state index in [-0.39, 0.29) is 7.25 Å². The van der Waals surface area contributed by atoms with Crippen molar-refractivity contribution >= 4 is 50.6 Å². The van der Waals surface area contributed by atoms with Crippen molar-refractivity contribution in [3.63, 3.8) is 0 Å². The first-order chi connectivity index (χ1) is 26.4. The van der Waals surface area contributed by atoms with Crippen LogP contribution < -0.4 is 0 Å². The van der Waals surface area contributed by atoms with Gasteiger partial charge in [0.1, 0.15) is 0 Å². The van der Waals surface area contributed by atoms with Crippen LogP contribution in [0.1, 0.15) is 103 Å². The molecule has 1 nitrogen and oxygen atoms in total. The predicted molar refractivity (Wildman–Crippen MR) is 260 cm³/mol. The minimum absolute atomic E-state index is 0.00676. The quantitative estimate of drug-likeness (QED) is 0.128. The van der Waals surface area contributed by atoms with Gasteiger partial charge in [-0.15, -0.1) is 0 Å². The third-order valence-corrected chi connectivity index (χ3v) is 40.7. The molecule has 2 aliphatic rings. The van der Waals surface area contributed by atoms with Crippen LogP contribution in [0.4, 0.5) is 0 Å². The summed E-state index contributed by atoms with van der Waals surface area (Å²) in [7, 11) is 14.8. The van der Waals surface area contributed by atoms with Gasteiger partial charge in [0.15, 0.2) is 0 Å². The third kappa shape index (κ3) is 8.23. The molecule has 2 unspecified atom stereocenters. The summed E-state index contributed by atoms with van der Waals surface area (Å²) in [6.07, 6.45) is 7.09. The molecule has 0 aromatic heterocycles.